The van der Waals surface area contributed by atoms with Crippen molar-refractivity contribution in [3.05, 3.63) is 29.8 Å². The van der Waals surface area contributed by atoms with E-state index in [0.29, 0.717) is 12.6 Å². The van der Waals surface area contributed by atoms with Gasteiger partial charge in [-0.1, -0.05) is 46.8 Å². The predicted octanol–water partition coefficient (Wildman–Crippen LogP) is 3.38. The van der Waals surface area contributed by atoms with Crippen LogP contribution < -0.4 is 10.1 Å². The molecule has 0 heterocycles. The molecule has 20 heavy (non-hydrogen) atoms. The molecule has 1 atom stereocenters. The topological polar surface area (TPSA) is 30.5 Å². The van der Waals surface area contributed by atoms with Crippen LogP contribution in [-0.4, -0.2) is 32.4 Å². The van der Waals surface area contributed by atoms with Gasteiger partial charge in [-0.3, -0.25) is 0 Å². The Bertz CT molecular complexity index is 379. The molecule has 1 unspecified atom stereocenters. The summed E-state index contributed by atoms with van der Waals surface area (Å²) in [4.78, 5) is 0. The van der Waals surface area contributed by atoms with Crippen molar-refractivity contribution in [2.75, 3.05) is 20.3 Å². The first-order valence-corrected chi connectivity index (χ1v) is 7.32. The van der Waals surface area contributed by atoms with Crippen molar-refractivity contribution in [3.8, 4) is 5.75 Å². The van der Waals surface area contributed by atoms with Crippen LogP contribution in [0.1, 0.15) is 40.2 Å². The van der Waals surface area contributed by atoms with E-state index < -0.39 is 0 Å². The fourth-order valence-corrected chi connectivity index (χ4v) is 1.91. The second-order valence-electron chi connectivity index (χ2n) is 6.53. The third-order valence-electron chi connectivity index (χ3n) is 3.13. The Morgan fingerprint density at radius 2 is 1.70 bits per heavy atom. The summed E-state index contributed by atoms with van der Waals surface area (Å²) in [6, 6.07) is 8.79. The lowest BCUT2D eigenvalue weighted by Crippen LogP contribution is -2.38. The van der Waals surface area contributed by atoms with Gasteiger partial charge in [-0.2, -0.15) is 0 Å². The van der Waals surface area contributed by atoms with Crippen molar-refractivity contribution < 1.29 is 9.47 Å². The smallest absolute Gasteiger partial charge is 0.134 e. The molecule has 3 heteroatoms. The molecule has 0 amide bonds. The summed E-state index contributed by atoms with van der Waals surface area (Å²) >= 11 is 0. The van der Waals surface area contributed by atoms with Crippen LogP contribution in [0, 0.1) is 0 Å². The van der Waals surface area contributed by atoms with E-state index in [1.807, 2.05) is 12.1 Å². The summed E-state index contributed by atoms with van der Waals surface area (Å²) < 4.78 is 11.2. The van der Waals surface area contributed by atoms with E-state index in [1.165, 1.54) is 5.56 Å². The maximum Gasteiger partial charge on any atom is 0.134 e. The third kappa shape index (κ3) is 5.93. The van der Waals surface area contributed by atoms with E-state index >= 15 is 0 Å². The van der Waals surface area contributed by atoms with Gasteiger partial charge in [0, 0.05) is 19.7 Å². The lowest BCUT2D eigenvalue weighted by molar-refractivity contribution is 0.0794. The third-order valence-corrected chi connectivity index (χ3v) is 3.13. The number of rotatable bonds is 7. The number of ether oxygens (including phenoxy) is 2. The molecule has 0 spiro atoms. The molecule has 114 valence electrons. The van der Waals surface area contributed by atoms with Crippen LogP contribution in [-0.2, 0) is 10.2 Å². The molecule has 0 saturated heterocycles. The minimum atomic E-state index is 0.0305. The van der Waals surface area contributed by atoms with Crippen LogP contribution >= 0.6 is 0 Å². The molecule has 0 aromatic heterocycles. The van der Waals surface area contributed by atoms with Gasteiger partial charge in [0.2, 0.25) is 0 Å². The number of hydrogen-bond donors (Lipinski definition) is 1. The average molecular weight is 279 g/mol. The van der Waals surface area contributed by atoms with Crippen LogP contribution in [0.4, 0.5) is 0 Å². The minimum Gasteiger partial charge on any atom is -0.487 e. The van der Waals surface area contributed by atoms with Crippen molar-refractivity contribution in [1.29, 1.82) is 0 Å². The standard InChI is InChI=1S/C17H29NO2/c1-13(2)18-11-16(12-19-6)20-15-9-7-14(8-10-15)17(3,4)5/h7-10,13,16,18H,11-12H2,1-6H3. The summed E-state index contributed by atoms with van der Waals surface area (Å²) in [6.45, 7) is 12.3. The van der Waals surface area contributed by atoms with Gasteiger partial charge >= 0.3 is 0 Å². The normalized spacial score (nSPS) is 13.6. The van der Waals surface area contributed by atoms with Crippen molar-refractivity contribution in [3.63, 3.8) is 0 Å². The van der Waals surface area contributed by atoms with Gasteiger partial charge in [-0.05, 0) is 23.1 Å². The first-order valence-electron chi connectivity index (χ1n) is 7.32. The van der Waals surface area contributed by atoms with Gasteiger partial charge < -0.3 is 14.8 Å². The van der Waals surface area contributed by atoms with Gasteiger partial charge in [-0.25, -0.2) is 0 Å². The van der Waals surface area contributed by atoms with E-state index in [1.54, 1.807) is 7.11 Å². The van der Waals surface area contributed by atoms with Crippen molar-refractivity contribution in [2.45, 2.75) is 52.2 Å². The first kappa shape index (κ1) is 17.0. The van der Waals surface area contributed by atoms with E-state index in [2.05, 4.69) is 52.1 Å². The van der Waals surface area contributed by atoms with Crippen molar-refractivity contribution in [1.82, 2.24) is 5.32 Å². The number of methoxy groups -OCH3 is 1. The zero-order valence-electron chi connectivity index (χ0n) is 13.7. The Morgan fingerprint density at radius 1 is 1.10 bits per heavy atom. The van der Waals surface area contributed by atoms with Crippen molar-refractivity contribution >= 4 is 0 Å². The summed E-state index contributed by atoms with van der Waals surface area (Å²) in [7, 11) is 1.70. The summed E-state index contributed by atoms with van der Waals surface area (Å²) in [5, 5.41) is 3.38. The van der Waals surface area contributed by atoms with Gasteiger partial charge in [0.1, 0.15) is 11.9 Å². The molecule has 1 N–H and O–H groups in total. The summed E-state index contributed by atoms with van der Waals surface area (Å²) in [6.07, 6.45) is 0.0305. The molecule has 1 aromatic rings. The molecule has 1 rings (SSSR count). The fraction of sp³-hybridized carbons (Fsp3) is 0.647. The Labute approximate surface area is 123 Å². The highest BCUT2D eigenvalue weighted by Crippen LogP contribution is 2.24. The van der Waals surface area contributed by atoms with Crippen LogP contribution in [0.25, 0.3) is 0 Å². The molecule has 0 fully saturated rings. The Hall–Kier alpha value is -1.06. The van der Waals surface area contributed by atoms with Crippen LogP contribution in [0.2, 0.25) is 0 Å². The average Bonchev–Trinajstić information content (AvgIpc) is 2.36. The van der Waals surface area contributed by atoms with Crippen LogP contribution in [0.15, 0.2) is 24.3 Å². The largest absolute Gasteiger partial charge is 0.487 e. The maximum atomic E-state index is 5.99. The molecular formula is C17H29NO2. The first-order chi connectivity index (χ1) is 9.32. The molecule has 0 bridgehead atoms. The molecule has 1 aromatic carbocycles. The monoisotopic (exact) mass is 279 g/mol. The van der Waals surface area contributed by atoms with E-state index in [9.17, 15) is 0 Å². The highest BCUT2D eigenvalue weighted by molar-refractivity contribution is 5.31. The minimum absolute atomic E-state index is 0.0305. The highest BCUT2D eigenvalue weighted by atomic mass is 16.5. The van der Waals surface area contributed by atoms with Gasteiger partial charge in [0.25, 0.3) is 0 Å². The lowest BCUT2D eigenvalue weighted by Gasteiger charge is -2.22. The molecule has 0 aliphatic carbocycles. The zero-order chi connectivity index (χ0) is 15.2. The molecule has 0 aliphatic rings. The van der Waals surface area contributed by atoms with E-state index in [0.717, 1.165) is 12.3 Å². The van der Waals surface area contributed by atoms with Crippen molar-refractivity contribution in [2.24, 2.45) is 0 Å². The van der Waals surface area contributed by atoms with Crippen LogP contribution in [0.3, 0.4) is 0 Å². The molecular weight excluding hydrogens is 250 g/mol. The number of benzene rings is 1. The zero-order valence-corrected chi connectivity index (χ0v) is 13.7. The van der Waals surface area contributed by atoms with E-state index in [4.69, 9.17) is 9.47 Å². The lowest BCUT2D eigenvalue weighted by atomic mass is 9.87. The Kier molecular flexibility index (Phi) is 6.50. The van der Waals surface area contributed by atoms with Gasteiger partial charge in [0.05, 0.1) is 6.61 Å². The maximum absolute atomic E-state index is 5.99. The Balaban J connectivity index is 2.64. The van der Waals surface area contributed by atoms with Gasteiger partial charge in [-0.15, -0.1) is 0 Å². The Morgan fingerprint density at radius 3 is 2.15 bits per heavy atom. The summed E-state index contributed by atoms with van der Waals surface area (Å²) in [5.41, 5.74) is 1.48. The van der Waals surface area contributed by atoms with E-state index in [-0.39, 0.29) is 11.5 Å². The summed E-state index contributed by atoms with van der Waals surface area (Å²) in [5.74, 6) is 0.894. The second kappa shape index (κ2) is 7.65. The van der Waals surface area contributed by atoms with Crippen LogP contribution in [0.5, 0.6) is 5.75 Å². The predicted molar refractivity (Wildman–Crippen MR) is 84.6 cm³/mol. The molecule has 0 radical (unpaired) electrons. The number of nitrogens with one attached hydrogen (secondary N) is 1. The SMILES string of the molecule is COCC(CNC(C)C)Oc1ccc(C(C)(C)C)cc1. The fourth-order valence-electron chi connectivity index (χ4n) is 1.91. The molecule has 0 saturated carbocycles. The molecule has 0 aliphatic heterocycles. The molecule has 3 nitrogen and oxygen atoms in total. The highest BCUT2D eigenvalue weighted by Gasteiger charge is 2.14. The van der Waals surface area contributed by atoms with Gasteiger partial charge in [0.15, 0.2) is 0 Å². The quantitative estimate of drug-likeness (QED) is 0.830. The second-order valence-corrected chi connectivity index (χ2v) is 6.53. The number of hydrogen-bond acceptors (Lipinski definition) is 3.